The molecule has 0 bridgehead atoms. The Balaban J connectivity index is 2.27. The fourth-order valence-electron chi connectivity index (χ4n) is 3.07. The highest BCUT2D eigenvalue weighted by Crippen LogP contribution is 2.31. The molecule has 1 aromatic carbocycles. The summed E-state index contributed by atoms with van der Waals surface area (Å²) in [7, 11) is 0. The first-order chi connectivity index (χ1) is 9.49. The molecule has 1 saturated carbocycles. The standard InChI is InChI=1S/C17H26FNO/c1-12(2)11-19(15-6-4-5-7-15)17-9-8-14(13(3)20)10-16(17)18/h8-10,12-13,15,20H,4-7,11H2,1-3H3/t13-/m0/s1. The molecule has 0 heterocycles. The lowest BCUT2D eigenvalue weighted by Crippen LogP contribution is -2.37. The van der Waals surface area contributed by atoms with Crippen molar-refractivity contribution in [2.45, 2.75) is 58.6 Å². The van der Waals surface area contributed by atoms with Gasteiger partial charge in [0.2, 0.25) is 0 Å². The molecule has 0 amide bonds. The van der Waals surface area contributed by atoms with Crippen LogP contribution in [0.15, 0.2) is 18.2 Å². The second kappa shape index (κ2) is 6.57. The number of hydrogen-bond acceptors (Lipinski definition) is 2. The third kappa shape index (κ3) is 3.51. The zero-order valence-corrected chi connectivity index (χ0v) is 12.8. The normalized spacial score (nSPS) is 17.7. The van der Waals surface area contributed by atoms with Gasteiger partial charge >= 0.3 is 0 Å². The molecule has 1 aromatic rings. The van der Waals surface area contributed by atoms with Gasteiger partial charge in [-0.05, 0) is 43.4 Å². The molecule has 2 nitrogen and oxygen atoms in total. The van der Waals surface area contributed by atoms with E-state index in [9.17, 15) is 9.50 Å². The van der Waals surface area contributed by atoms with Crippen LogP contribution < -0.4 is 4.90 Å². The molecule has 1 atom stereocenters. The zero-order valence-electron chi connectivity index (χ0n) is 12.8. The molecular weight excluding hydrogens is 253 g/mol. The highest BCUT2D eigenvalue weighted by atomic mass is 19.1. The molecule has 0 aromatic heterocycles. The second-order valence-corrected chi connectivity index (χ2v) is 6.37. The minimum absolute atomic E-state index is 0.212. The largest absolute Gasteiger partial charge is 0.389 e. The summed E-state index contributed by atoms with van der Waals surface area (Å²) in [6.07, 6.45) is 4.18. The summed E-state index contributed by atoms with van der Waals surface area (Å²) in [5.41, 5.74) is 1.33. The van der Waals surface area contributed by atoms with Crippen LogP contribution in [0.5, 0.6) is 0 Å². The fourth-order valence-corrected chi connectivity index (χ4v) is 3.07. The maximum atomic E-state index is 14.4. The average Bonchev–Trinajstić information content (AvgIpc) is 2.89. The average molecular weight is 279 g/mol. The molecule has 1 aliphatic rings. The van der Waals surface area contributed by atoms with Crippen molar-refractivity contribution in [2.24, 2.45) is 5.92 Å². The molecule has 20 heavy (non-hydrogen) atoms. The van der Waals surface area contributed by atoms with Crippen LogP contribution in [-0.4, -0.2) is 17.7 Å². The van der Waals surface area contributed by atoms with Crippen molar-refractivity contribution in [3.8, 4) is 0 Å². The number of aliphatic hydroxyl groups excluding tert-OH is 1. The van der Waals surface area contributed by atoms with Crippen LogP contribution in [0.3, 0.4) is 0 Å². The topological polar surface area (TPSA) is 23.5 Å². The van der Waals surface area contributed by atoms with Gasteiger partial charge in [0.25, 0.3) is 0 Å². The summed E-state index contributed by atoms with van der Waals surface area (Å²) in [5.74, 6) is 0.294. The third-order valence-electron chi connectivity index (χ3n) is 4.09. The van der Waals surface area contributed by atoms with E-state index in [1.807, 2.05) is 12.1 Å². The first-order valence-electron chi connectivity index (χ1n) is 7.73. The summed E-state index contributed by atoms with van der Waals surface area (Å²) in [4.78, 5) is 2.23. The van der Waals surface area contributed by atoms with Crippen molar-refractivity contribution in [1.82, 2.24) is 0 Å². The van der Waals surface area contributed by atoms with Crippen molar-refractivity contribution in [3.63, 3.8) is 0 Å². The Hall–Kier alpha value is -1.09. The van der Waals surface area contributed by atoms with E-state index >= 15 is 0 Å². The SMILES string of the molecule is CC(C)CN(c1ccc([C@H](C)O)cc1F)C1CCCC1. The Morgan fingerprint density at radius 3 is 2.40 bits per heavy atom. The van der Waals surface area contributed by atoms with Crippen LogP contribution in [0.1, 0.15) is 58.1 Å². The van der Waals surface area contributed by atoms with Crippen LogP contribution in [0, 0.1) is 11.7 Å². The van der Waals surface area contributed by atoms with E-state index in [0.29, 0.717) is 23.2 Å². The van der Waals surface area contributed by atoms with E-state index in [4.69, 9.17) is 0 Å². The molecule has 0 spiro atoms. The molecule has 1 fully saturated rings. The van der Waals surface area contributed by atoms with Gasteiger partial charge in [-0.1, -0.05) is 32.8 Å². The van der Waals surface area contributed by atoms with Gasteiger partial charge in [0.15, 0.2) is 0 Å². The quantitative estimate of drug-likeness (QED) is 0.869. The maximum absolute atomic E-state index is 14.4. The molecular formula is C17H26FNO. The summed E-state index contributed by atoms with van der Waals surface area (Å²) in [5, 5.41) is 9.55. The monoisotopic (exact) mass is 279 g/mol. The van der Waals surface area contributed by atoms with Gasteiger partial charge in [0, 0.05) is 12.6 Å². The predicted octanol–water partition coefficient (Wildman–Crippen LogP) is 4.28. The number of nitrogens with zero attached hydrogens (tertiary/aromatic N) is 1. The predicted molar refractivity (Wildman–Crippen MR) is 81.5 cm³/mol. The highest BCUT2D eigenvalue weighted by molar-refractivity contribution is 5.50. The number of anilines is 1. The van der Waals surface area contributed by atoms with Gasteiger partial charge in [-0.3, -0.25) is 0 Å². The summed E-state index contributed by atoms with van der Waals surface area (Å²) in [6, 6.07) is 5.61. The maximum Gasteiger partial charge on any atom is 0.146 e. The first-order valence-corrected chi connectivity index (χ1v) is 7.73. The summed E-state index contributed by atoms with van der Waals surface area (Å²) < 4.78 is 14.4. The number of aliphatic hydroxyl groups is 1. The Kier molecular flexibility index (Phi) is 5.03. The molecule has 0 aliphatic heterocycles. The lowest BCUT2D eigenvalue weighted by molar-refractivity contribution is 0.199. The minimum Gasteiger partial charge on any atom is -0.389 e. The lowest BCUT2D eigenvalue weighted by Gasteiger charge is -2.33. The minimum atomic E-state index is -0.622. The van der Waals surface area contributed by atoms with Gasteiger partial charge in [-0.15, -0.1) is 0 Å². The fraction of sp³-hybridized carbons (Fsp3) is 0.647. The summed E-state index contributed by atoms with van der Waals surface area (Å²) >= 11 is 0. The Labute approximate surface area is 121 Å². The second-order valence-electron chi connectivity index (χ2n) is 6.37. The van der Waals surface area contributed by atoms with Gasteiger partial charge in [-0.25, -0.2) is 4.39 Å². The van der Waals surface area contributed by atoms with Crippen molar-refractivity contribution >= 4 is 5.69 Å². The Morgan fingerprint density at radius 2 is 1.90 bits per heavy atom. The van der Waals surface area contributed by atoms with Crippen LogP contribution in [0.4, 0.5) is 10.1 Å². The van der Waals surface area contributed by atoms with Crippen LogP contribution >= 0.6 is 0 Å². The molecule has 0 saturated heterocycles. The van der Waals surface area contributed by atoms with Crippen LogP contribution in [-0.2, 0) is 0 Å². The van der Waals surface area contributed by atoms with Gasteiger partial charge in [-0.2, -0.15) is 0 Å². The van der Waals surface area contributed by atoms with Crippen LogP contribution in [0.2, 0.25) is 0 Å². The van der Waals surface area contributed by atoms with Gasteiger partial charge in [0.1, 0.15) is 5.82 Å². The number of halogens is 1. The molecule has 0 radical (unpaired) electrons. The van der Waals surface area contributed by atoms with Crippen molar-refractivity contribution in [3.05, 3.63) is 29.6 Å². The van der Waals surface area contributed by atoms with E-state index in [-0.39, 0.29) is 5.82 Å². The smallest absolute Gasteiger partial charge is 0.146 e. The van der Waals surface area contributed by atoms with E-state index < -0.39 is 6.10 Å². The lowest BCUT2D eigenvalue weighted by atomic mass is 10.1. The van der Waals surface area contributed by atoms with Gasteiger partial charge in [0.05, 0.1) is 11.8 Å². The van der Waals surface area contributed by atoms with Crippen molar-refractivity contribution < 1.29 is 9.50 Å². The third-order valence-corrected chi connectivity index (χ3v) is 4.09. The highest BCUT2D eigenvalue weighted by Gasteiger charge is 2.25. The van der Waals surface area contributed by atoms with Gasteiger partial charge < -0.3 is 10.0 Å². The molecule has 1 aliphatic carbocycles. The molecule has 1 N–H and O–H groups in total. The number of hydrogen-bond donors (Lipinski definition) is 1. The van der Waals surface area contributed by atoms with E-state index in [0.717, 1.165) is 19.4 Å². The van der Waals surface area contributed by atoms with Crippen LogP contribution in [0.25, 0.3) is 0 Å². The Morgan fingerprint density at radius 1 is 1.25 bits per heavy atom. The van der Waals surface area contributed by atoms with E-state index in [2.05, 4.69) is 18.7 Å². The van der Waals surface area contributed by atoms with E-state index in [1.165, 1.54) is 18.9 Å². The molecule has 0 unspecified atom stereocenters. The molecule has 3 heteroatoms. The van der Waals surface area contributed by atoms with E-state index in [1.54, 1.807) is 6.92 Å². The number of rotatable bonds is 5. The first kappa shape index (κ1) is 15.3. The molecule has 2 rings (SSSR count). The van der Waals surface area contributed by atoms with Crippen molar-refractivity contribution in [1.29, 1.82) is 0 Å². The number of benzene rings is 1. The zero-order chi connectivity index (χ0) is 14.7. The Bertz CT molecular complexity index is 439. The molecule has 112 valence electrons. The van der Waals surface area contributed by atoms with Crippen molar-refractivity contribution in [2.75, 3.05) is 11.4 Å². The summed E-state index contributed by atoms with van der Waals surface area (Å²) in [6.45, 7) is 6.89.